The number of imidazole rings is 1. The average Bonchev–Trinajstić information content (AvgIpc) is 2.81. The zero-order chi connectivity index (χ0) is 11.0. The lowest BCUT2D eigenvalue weighted by atomic mass is 10.2. The molecule has 84 valence electrons. The molecule has 0 aliphatic heterocycles. The fraction of sp³-hybridized carbons (Fsp3) is 0.417. The monoisotopic (exact) mass is 234 g/mol. The van der Waals surface area contributed by atoms with Crippen molar-refractivity contribution < 1.29 is 5.11 Å². The molecule has 0 amide bonds. The summed E-state index contributed by atoms with van der Waals surface area (Å²) in [6.45, 7) is 0.665. The second-order valence-electron chi connectivity index (χ2n) is 4.29. The molecule has 3 rings (SSSR count). The van der Waals surface area contributed by atoms with Gasteiger partial charge in [0.25, 0.3) is 0 Å². The topological polar surface area (TPSA) is 38.0 Å². The molecule has 3 nitrogen and oxygen atoms in total. The molecule has 4 heteroatoms. The van der Waals surface area contributed by atoms with Gasteiger partial charge in [-0.15, -0.1) is 11.3 Å². The second-order valence-corrected chi connectivity index (χ2v) is 5.23. The molecule has 1 unspecified atom stereocenters. The van der Waals surface area contributed by atoms with Crippen LogP contribution in [-0.2, 0) is 6.54 Å². The van der Waals surface area contributed by atoms with Crippen LogP contribution in [0.4, 0.5) is 0 Å². The van der Waals surface area contributed by atoms with Crippen LogP contribution in [0.3, 0.4) is 0 Å². The van der Waals surface area contributed by atoms with Gasteiger partial charge in [-0.3, -0.25) is 0 Å². The summed E-state index contributed by atoms with van der Waals surface area (Å²) in [5.74, 6) is 1.48. The molecule has 0 aromatic carbocycles. The number of thiophene rings is 1. The molecule has 0 bridgehead atoms. The van der Waals surface area contributed by atoms with Gasteiger partial charge in [0.15, 0.2) is 0 Å². The normalized spacial score (nSPS) is 17.6. The second kappa shape index (κ2) is 4.03. The SMILES string of the molecule is OC(Cn1ccnc1-c1cccs1)C1CC1. The Morgan fingerprint density at radius 2 is 2.44 bits per heavy atom. The van der Waals surface area contributed by atoms with Crippen LogP contribution in [0, 0.1) is 5.92 Å². The van der Waals surface area contributed by atoms with E-state index >= 15 is 0 Å². The Hall–Kier alpha value is -1.13. The zero-order valence-corrected chi connectivity index (χ0v) is 9.73. The third kappa shape index (κ3) is 1.90. The molecule has 1 fully saturated rings. The quantitative estimate of drug-likeness (QED) is 0.882. The summed E-state index contributed by atoms with van der Waals surface area (Å²) in [5.41, 5.74) is 0. The molecule has 1 saturated carbocycles. The fourth-order valence-corrected chi connectivity index (χ4v) is 2.66. The van der Waals surface area contributed by atoms with Gasteiger partial charge in [0.1, 0.15) is 5.82 Å². The van der Waals surface area contributed by atoms with Crippen LogP contribution in [0.5, 0.6) is 0 Å². The van der Waals surface area contributed by atoms with Gasteiger partial charge in [-0.05, 0) is 30.2 Å². The number of hydrogen-bond donors (Lipinski definition) is 1. The number of aliphatic hydroxyl groups is 1. The molecule has 0 saturated heterocycles. The maximum Gasteiger partial charge on any atom is 0.150 e. The summed E-state index contributed by atoms with van der Waals surface area (Å²) in [7, 11) is 0. The lowest BCUT2D eigenvalue weighted by molar-refractivity contribution is 0.132. The molecule has 0 spiro atoms. The van der Waals surface area contributed by atoms with E-state index in [1.165, 1.54) is 12.8 Å². The van der Waals surface area contributed by atoms with E-state index in [9.17, 15) is 5.11 Å². The third-order valence-corrected chi connectivity index (χ3v) is 3.87. The minimum absolute atomic E-state index is 0.215. The Morgan fingerprint density at radius 1 is 1.56 bits per heavy atom. The Bertz CT molecular complexity index is 459. The molecule has 1 atom stereocenters. The molecule has 1 aliphatic carbocycles. The minimum Gasteiger partial charge on any atom is -0.391 e. The van der Waals surface area contributed by atoms with E-state index in [1.807, 2.05) is 17.6 Å². The molecule has 2 aromatic rings. The summed E-state index contributed by atoms with van der Waals surface area (Å²) in [5, 5.41) is 12.0. The number of aliphatic hydroxyl groups excluding tert-OH is 1. The first-order chi connectivity index (χ1) is 7.84. The number of nitrogens with zero attached hydrogens (tertiary/aromatic N) is 2. The molecular weight excluding hydrogens is 220 g/mol. The van der Waals surface area contributed by atoms with Gasteiger partial charge >= 0.3 is 0 Å². The first-order valence-corrected chi connectivity index (χ1v) is 6.45. The summed E-state index contributed by atoms with van der Waals surface area (Å²) in [6.07, 6.45) is 5.87. The van der Waals surface area contributed by atoms with Crippen molar-refractivity contribution in [1.82, 2.24) is 9.55 Å². The van der Waals surface area contributed by atoms with Crippen molar-refractivity contribution in [2.45, 2.75) is 25.5 Å². The highest BCUT2D eigenvalue weighted by molar-refractivity contribution is 7.13. The van der Waals surface area contributed by atoms with Gasteiger partial charge in [-0.1, -0.05) is 6.07 Å². The van der Waals surface area contributed by atoms with Crippen molar-refractivity contribution >= 4 is 11.3 Å². The van der Waals surface area contributed by atoms with Crippen LogP contribution in [0.15, 0.2) is 29.9 Å². The van der Waals surface area contributed by atoms with E-state index in [-0.39, 0.29) is 6.10 Å². The Morgan fingerprint density at radius 3 is 3.12 bits per heavy atom. The third-order valence-electron chi connectivity index (χ3n) is 3.01. The smallest absolute Gasteiger partial charge is 0.150 e. The van der Waals surface area contributed by atoms with Gasteiger partial charge in [-0.25, -0.2) is 4.98 Å². The van der Waals surface area contributed by atoms with E-state index < -0.39 is 0 Å². The fourth-order valence-electron chi connectivity index (χ4n) is 1.92. The van der Waals surface area contributed by atoms with Gasteiger partial charge in [0, 0.05) is 12.4 Å². The van der Waals surface area contributed by atoms with E-state index in [0.717, 1.165) is 10.7 Å². The van der Waals surface area contributed by atoms with Crippen molar-refractivity contribution in [3.63, 3.8) is 0 Å². The predicted octanol–water partition coefficient (Wildman–Crippen LogP) is 2.38. The summed E-state index contributed by atoms with van der Waals surface area (Å²) in [4.78, 5) is 5.51. The highest BCUT2D eigenvalue weighted by Crippen LogP contribution is 2.34. The van der Waals surface area contributed by atoms with Crippen molar-refractivity contribution in [3.05, 3.63) is 29.9 Å². The van der Waals surface area contributed by atoms with E-state index in [4.69, 9.17) is 0 Å². The molecule has 2 heterocycles. The first kappa shape index (κ1) is 10.1. The number of aromatic nitrogens is 2. The van der Waals surface area contributed by atoms with Crippen molar-refractivity contribution in [3.8, 4) is 10.7 Å². The Balaban J connectivity index is 1.82. The van der Waals surface area contributed by atoms with E-state index in [1.54, 1.807) is 17.5 Å². The minimum atomic E-state index is -0.215. The first-order valence-electron chi connectivity index (χ1n) is 5.57. The van der Waals surface area contributed by atoms with Crippen LogP contribution >= 0.6 is 11.3 Å². The molecule has 0 radical (unpaired) electrons. The van der Waals surface area contributed by atoms with Gasteiger partial charge in [-0.2, -0.15) is 0 Å². The molecule has 1 aliphatic rings. The number of rotatable bonds is 4. The lowest BCUT2D eigenvalue weighted by Crippen LogP contribution is -2.18. The van der Waals surface area contributed by atoms with Crippen LogP contribution in [0.1, 0.15) is 12.8 Å². The van der Waals surface area contributed by atoms with Crippen LogP contribution in [-0.4, -0.2) is 20.8 Å². The molecular formula is C12H14N2OS. The maximum absolute atomic E-state index is 9.94. The van der Waals surface area contributed by atoms with Crippen LogP contribution < -0.4 is 0 Å². The Kier molecular flexibility index (Phi) is 2.53. The molecule has 2 aromatic heterocycles. The van der Waals surface area contributed by atoms with Gasteiger partial charge < -0.3 is 9.67 Å². The van der Waals surface area contributed by atoms with Crippen molar-refractivity contribution in [1.29, 1.82) is 0 Å². The highest BCUT2D eigenvalue weighted by Gasteiger charge is 2.30. The average molecular weight is 234 g/mol. The number of hydrogen-bond acceptors (Lipinski definition) is 3. The molecule has 16 heavy (non-hydrogen) atoms. The van der Waals surface area contributed by atoms with Gasteiger partial charge in [0.05, 0.1) is 17.5 Å². The van der Waals surface area contributed by atoms with Crippen LogP contribution in [0.2, 0.25) is 0 Å². The Labute approximate surface area is 98.4 Å². The summed E-state index contributed by atoms with van der Waals surface area (Å²) < 4.78 is 2.05. The predicted molar refractivity (Wildman–Crippen MR) is 64.3 cm³/mol. The van der Waals surface area contributed by atoms with Crippen molar-refractivity contribution in [2.24, 2.45) is 5.92 Å². The highest BCUT2D eigenvalue weighted by atomic mass is 32.1. The van der Waals surface area contributed by atoms with E-state index in [0.29, 0.717) is 12.5 Å². The summed E-state index contributed by atoms with van der Waals surface area (Å²) >= 11 is 1.68. The standard InChI is InChI=1S/C12H14N2OS/c15-10(9-3-4-9)8-14-6-5-13-12(14)11-2-1-7-16-11/h1-2,5-7,9-10,15H,3-4,8H2. The van der Waals surface area contributed by atoms with Crippen molar-refractivity contribution in [2.75, 3.05) is 0 Å². The van der Waals surface area contributed by atoms with E-state index in [2.05, 4.69) is 15.6 Å². The zero-order valence-electron chi connectivity index (χ0n) is 8.91. The maximum atomic E-state index is 9.94. The van der Waals surface area contributed by atoms with Gasteiger partial charge in [0.2, 0.25) is 0 Å². The lowest BCUT2D eigenvalue weighted by Gasteiger charge is -2.11. The summed E-state index contributed by atoms with van der Waals surface area (Å²) in [6, 6.07) is 4.09. The molecule has 1 N–H and O–H groups in total. The van der Waals surface area contributed by atoms with Crippen LogP contribution in [0.25, 0.3) is 10.7 Å². The largest absolute Gasteiger partial charge is 0.391 e.